The van der Waals surface area contributed by atoms with Crippen molar-refractivity contribution in [1.29, 1.82) is 0 Å². The summed E-state index contributed by atoms with van der Waals surface area (Å²) in [7, 11) is 1.87. The van der Waals surface area contributed by atoms with Crippen molar-refractivity contribution in [2.24, 2.45) is 7.05 Å². The van der Waals surface area contributed by atoms with E-state index in [0.717, 1.165) is 17.6 Å². The van der Waals surface area contributed by atoms with Gasteiger partial charge < -0.3 is 10.1 Å². The minimum Gasteiger partial charge on any atom is -0.371 e. The molecule has 4 rings (SSSR count). The molecule has 0 unspecified atom stereocenters. The van der Waals surface area contributed by atoms with Gasteiger partial charge in [0.15, 0.2) is 0 Å². The number of nitrogens with zero attached hydrogens (tertiary/aromatic N) is 4. The Bertz CT molecular complexity index is 853. The van der Waals surface area contributed by atoms with Gasteiger partial charge in [0.05, 0.1) is 12.2 Å². The Morgan fingerprint density at radius 3 is 3.17 bits per heavy atom. The Kier molecular flexibility index (Phi) is 3.34. The molecule has 1 saturated heterocycles. The summed E-state index contributed by atoms with van der Waals surface area (Å²) in [5.74, 6) is -0.127. The van der Waals surface area contributed by atoms with E-state index in [9.17, 15) is 4.79 Å². The second-order valence-corrected chi connectivity index (χ2v) is 5.67. The number of aryl methyl sites for hydroxylation is 1. The smallest absolute Gasteiger partial charge is 0.268 e. The summed E-state index contributed by atoms with van der Waals surface area (Å²) in [4.78, 5) is 16.9. The molecule has 0 saturated carbocycles. The predicted molar refractivity (Wildman–Crippen MR) is 83.0 cm³/mol. The van der Waals surface area contributed by atoms with E-state index in [1.165, 1.54) is 0 Å². The number of ether oxygens (including phenoxy) is 1. The standard InChI is InChI=1S/C16H17N5O2/c1-20-10-11(9-18-20)15-12(5-8-23-15)19-16(22)13-3-2-4-14-17-6-7-21(13)14/h2-4,6-7,9-10,12,15H,5,8H2,1H3,(H,19,22)/t12-,15+/m0/s1. The lowest BCUT2D eigenvalue weighted by atomic mass is 10.1. The Morgan fingerprint density at radius 1 is 1.43 bits per heavy atom. The molecule has 7 nitrogen and oxygen atoms in total. The molecule has 1 fully saturated rings. The third-order valence-electron chi connectivity index (χ3n) is 4.12. The van der Waals surface area contributed by atoms with E-state index in [2.05, 4.69) is 15.4 Å². The van der Waals surface area contributed by atoms with Crippen LogP contribution in [-0.4, -0.2) is 37.7 Å². The van der Waals surface area contributed by atoms with Gasteiger partial charge in [0, 0.05) is 37.8 Å². The normalized spacial score (nSPS) is 20.9. The van der Waals surface area contributed by atoms with Gasteiger partial charge in [0.25, 0.3) is 5.91 Å². The fourth-order valence-electron chi connectivity index (χ4n) is 3.03. The van der Waals surface area contributed by atoms with E-state index in [0.29, 0.717) is 12.3 Å². The maximum absolute atomic E-state index is 12.7. The van der Waals surface area contributed by atoms with E-state index in [-0.39, 0.29) is 18.1 Å². The molecule has 3 aromatic heterocycles. The number of hydrogen-bond donors (Lipinski definition) is 1. The Labute approximate surface area is 132 Å². The number of aromatic nitrogens is 4. The molecule has 0 radical (unpaired) electrons. The summed E-state index contributed by atoms with van der Waals surface area (Å²) in [5.41, 5.74) is 2.30. The molecule has 1 amide bonds. The lowest BCUT2D eigenvalue weighted by Gasteiger charge is -2.19. The summed E-state index contributed by atoms with van der Waals surface area (Å²) < 4.78 is 9.31. The molecular weight excluding hydrogens is 294 g/mol. The first-order valence-corrected chi connectivity index (χ1v) is 7.55. The Hall–Kier alpha value is -2.67. The number of imidazole rings is 1. The quantitative estimate of drug-likeness (QED) is 0.792. The molecule has 0 bridgehead atoms. The second-order valence-electron chi connectivity index (χ2n) is 5.67. The number of carbonyl (C=O) groups excluding carboxylic acids is 1. The van der Waals surface area contributed by atoms with Gasteiger partial charge in [-0.1, -0.05) is 6.07 Å². The largest absolute Gasteiger partial charge is 0.371 e. The minimum atomic E-state index is -0.158. The van der Waals surface area contributed by atoms with E-state index in [4.69, 9.17) is 4.74 Å². The summed E-state index contributed by atoms with van der Waals surface area (Å²) in [6.07, 6.45) is 7.80. The van der Waals surface area contributed by atoms with Crippen LogP contribution in [0.2, 0.25) is 0 Å². The van der Waals surface area contributed by atoms with E-state index >= 15 is 0 Å². The number of nitrogens with one attached hydrogen (secondary N) is 1. The van der Waals surface area contributed by atoms with E-state index in [1.807, 2.05) is 25.4 Å². The Balaban J connectivity index is 1.57. The summed E-state index contributed by atoms with van der Waals surface area (Å²) >= 11 is 0. The number of amides is 1. The molecule has 3 aromatic rings. The number of hydrogen-bond acceptors (Lipinski definition) is 4. The van der Waals surface area contributed by atoms with Crippen molar-refractivity contribution in [2.75, 3.05) is 6.61 Å². The SMILES string of the molecule is Cn1cc([C@H]2OCC[C@@H]2NC(=O)c2cccc3nccn23)cn1. The van der Waals surface area contributed by atoms with Crippen molar-refractivity contribution in [2.45, 2.75) is 18.6 Å². The van der Waals surface area contributed by atoms with Gasteiger partial charge in [-0.25, -0.2) is 4.98 Å². The molecule has 118 valence electrons. The van der Waals surface area contributed by atoms with Crippen molar-refractivity contribution < 1.29 is 9.53 Å². The number of pyridine rings is 1. The van der Waals surface area contributed by atoms with Crippen molar-refractivity contribution in [3.8, 4) is 0 Å². The van der Waals surface area contributed by atoms with Gasteiger partial charge in [0.2, 0.25) is 0 Å². The molecule has 0 aliphatic carbocycles. The van der Waals surface area contributed by atoms with Crippen LogP contribution in [-0.2, 0) is 11.8 Å². The summed E-state index contributed by atoms with van der Waals surface area (Å²) in [6, 6.07) is 5.43. The topological polar surface area (TPSA) is 73.5 Å². The maximum atomic E-state index is 12.7. The first kappa shape index (κ1) is 14.0. The fraction of sp³-hybridized carbons (Fsp3) is 0.312. The Morgan fingerprint density at radius 2 is 2.35 bits per heavy atom. The van der Waals surface area contributed by atoms with Gasteiger partial charge in [-0.2, -0.15) is 5.10 Å². The van der Waals surface area contributed by atoms with E-state index in [1.54, 1.807) is 33.7 Å². The van der Waals surface area contributed by atoms with Crippen LogP contribution >= 0.6 is 0 Å². The van der Waals surface area contributed by atoms with Gasteiger partial charge in [0.1, 0.15) is 17.4 Å². The van der Waals surface area contributed by atoms with Crippen LogP contribution in [0.3, 0.4) is 0 Å². The van der Waals surface area contributed by atoms with Crippen LogP contribution in [0.25, 0.3) is 5.65 Å². The van der Waals surface area contributed by atoms with Crippen LogP contribution in [0, 0.1) is 0 Å². The molecule has 4 heterocycles. The molecule has 1 N–H and O–H groups in total. The van der Waals surface area contributed by atoms with Gasteiger partial charge in [-0.05, 0) is 18.6 Å². The van der Waals surface area contributed by atoms with Crippen LogP contribution in [0.15, 0.2) is 43.0 Å². The molecule has 0 spiro atoms. The molecule has 1 aliphatic heterocycles. The van der Waals surface area contributed by atoms with Crippen LogP contribution in [0.5, 0.6) is 0 Å². The summed E-state index contributed by atoms with van der Waals surface area (Å²) in [5, 5.41) is 7.26. The van der Waals surface area contributed by atoms with Crippen molar-refractivity contribution in [1.82, 2.24) is 24.5 Å². The maximum Gasteiger partial charge on any atom is 0.268 e. The molecule has 7 heteroatoms. The summed E-state index contributed by atoms with van der Waals surface area (Å²) in [6.45, 7) is 0.625. The highest BCUT2D eigenvalue weighted by atomic mass is 16.5. The lowest BCUT2D eigenvalue weighted by Crippen LogP contribution is -2.37. The monoisotopic (exact) mass is 311 g/mol. The molecule has 0 aromatic carbocycles. The molecule has 2 atom stereocenters. The van der Waals surface area contributed by atoms with Crippen molar-refractivity contribution in [3.63, 3.8) is 0 Å². The minimum absolute atomic E-state index is 0.0644. The van der Waals surface area contributed by atoms with Crippen LogP contribution in [0.1, 0.15) is 28.6 Å². The zero-order chi connectivity index (χ0) is 15.8. The highest BCUT2D eigenvalue weighted by Crippen LogP contribution is 2.29. The number of rotatable bonds is 3. The zero-order valence-corrected chi connectivity index (χ0v) is 12.7. The van der Waals surface area contributed by atoms with E-state index < -0.39 is 0 Å². The fourth-order valence-corrected chi connectivity index (χ4v) is 3.03. The van der Waals surface area contributed by atoms with Crippen molar-refractivity contribution in [3.05, 3.63) is 54.2 Å². The van der Waals surface area contributed by atoms with Gasteiger partial charge in [-0.3, -0.25) is 13.9 Å². The number of fused-ring (bicyclic) bond motifs is 1. The van der Waals surface area contributed by atoms with Crippen molar-refractivity contribution >= 4 is 11.6 Å². The highest BCUT2D eigenvalue weighted by Gasteiger charge is 2.32. The zero-order valence-electron chi connectivity index (χ0n) is 12.7. The molecule has 23 heavy (non-hydrogen) atoms. The average Bonchev–Trinajstić information content (AvgIpc) is 3.26. The van der Waals surface area contributed by atoms with Gasteiger partial charge >= 0.3 is 0 Å². The third kappa shape index (κ3) is 2.49. The van der Waals surface area contributed by atoms with Crippen LogP contribution < -0.4 is 5.32 Å². The molecular formula is C16H17N5O2. The second kappa shape index (κ2) is 5.51. The lowest BCUT2D eigenvalue weighted by molar-refractivity contribution is 0.0817. The first-order chi connectivity index (χ1) is 11.2. The third-order valence-corrected chi connectivity index (χ3v) is 4.12. The highest BCUT2D eigenvalue weighted by molar-refractivity contribution is 5.93. The predicted octanol–water partition coefficient (Wildman–Crippen LogP) is 1.33. The first-order valence-electron chi connectivity index (χ1n) is 7.55. The number of carbonyl (C=O) groups is 1. The molecule has 1 aliphatic rings. The van der Waals surface area contributed by atoms with Gasteiger partial charge in [-0.15, -0.1) is 0 Å². The average molecular weight is 311 g/mol. The van der Waals surface area contributed by atoms with Crippen LogP contribution in [0.4, 0.5) is 0 Å².